The van der Waals surface area contributed by atoms with E-state index in [-0.39, 0.29) is 0 Å². The Hall–Kier alpha value is -1.82. The molecule has 0 heterocycles. The van der Waals surface area contributed by atoms with Crippen LogP contribution in [0.25, 0.3) is 0 Å². The van der Waals surface area contributed by atoms with Gasteiger partial charge in [-0.1, -0.05) is 112 Å². The highest BCUT2D eigenvalue weighted by atomic mass is 14.3. The largest absolute Gasteiger partial charge is 0.100 e. The van der Waals surface area contributed by atoms with Crippen molar-refractivity contribution < 1.29 is 0 Å². The molecule has 1 aliphatic rings. The second-order valence-corrected chi connectivity index (χ2v) is 11.0. The molecule has 2 aromatic rings. The van der Waals surface area contributed by atoms with Gasteiger partial charge in [-0.25, -0.2) is 0 Å². The summed E-state index contributed by atoms with van der Waals surface area (Å²) in [6, 6.07) is 16.7. The standard InChI is InChI=1S/C33H48/c1-6-7-8-12-15-32(29-13-10-9-11-14-29)33-21-20-30(27(5)22-25(2)3)24-31(33)23-28-18-16-26(4)17-19-28/h16-21,24,27,29,32H,2,6-15,22-23H2,1,3-5H3/t27-,32?/m1/s1. The van der Waals surface area contributed by atoms with Crippen LogP contribution in [0.3, 0.4) is 0 Å². The van der Waals surface area contributed by atoms with Crippen LogP contribution in [0, 0.1) is 12.8 Å². The van der Waals surface area contributed by atoms with E-state index in [1.54, 1.807) is 11.1 Å². The van der Waals surface area contributed by atoms with E-state index in [4.69, 9.17) is 0 Å². The zero-order valence-corrected chi connectivity index (χ0v) is 22.0. The maximum Gasteiger partial charge on any atom is -0.00228 e. The fraction of sp³-hybridized carbons (Fsp3) is 0.576. The fourth-order valence-electron chi connectivity index (χ4n) is 5.99. The molecular weight excluding hydrogens is 396 g/mol. The molecule has 0 saturated heterocycles. The summed E-state index contributed by atoms with van der Waals surface area (Å²) in [6.07, 6.45) is 16.1. The summed E-state index contributed by atoms with van der Waals surface area (Å²) >= 11 is 0. The lowest BCUT2D eigenvalue weighted by Crippen LogP contribution is -2.18. The molecule has 3 rings (SSSR count). The van der Waals surface area contributed by atoms with Gasteiger partial charge in [0.05, 0.1) is 0 Å². The van der Waals surface area contributed by atoms with Gasteiger partial charge in [-0.15, -0.1) is 6.58 Å². The predicted molar refractivity (Wildman–Crippen MR) is 146 cm³/mol. The lowest BCUT2D eigenvalue weighted by molar-refractivity contribution is 0.288. The van der Waals surface area contributed by atoms with Crippen LogP contribution < -0.4 is 0 Å². The molecule has 0 N–H and O–H groups in total. The molecule has 0 aromatic heterocycles. The number of unbranched alkanes of at least 4 members (excludes halogenated alkanes) is 3. The smallest absolute Gasteiger partial charge is 0.00228 e. The van der Waals surface area contributed by atoms with E-state index in [1.165, 1.54) is 86.5 Å². The average molecular weight is 445 g/mol. The number of allylic oxidation sites excluding steroid dienone is 1. The number of hydrogen-bond acceptors (Lipinski definition) is 0. The molecule has 1 unspecified atom stereocenters. The average Bonchev–Trinajstić information content (AvgIpc) is 2.81. The van der Waals surface area contributed by atoms with Gasteiger partial charge in [-0.3, -0.25) is 0 Å². The zero-order chi connectivity index (χ0) is 23.6. The van der Waals surface area contributed by atoms with Crippen LogP contribution in [0.15, 0.2) is 54.6 Å². The van der Waals surface area contributed by atoms with Crippen LogP contribution >= 0.6 is 0 Å². The van der Waals surface area contributed by atoms with Crippen molar-refractivity contribution in [2.45, 2.75) is 117 Å². The van der Waals surface area contributed by atoms with Crippen molar-refractivity contribution in [1.29, 1.82) is 0 Å². The Morgan fingerprint density at radius 2 is 1.70 bits per heavy atom. The van der Waals surface area contributed by atoms with Crippen molar-refractivity contribution in [3.63, 3.8) is 0 Å². The first kappa shape index (κ1) is 25.8. The molecule has 0 aliphatic heterocycles. The molecule has 1 aliphatic carbocycles. The normalized spacial score (nSPS) is 16.5. The molecule has 0 heteroatoms. The summed E-state index contributed by atoms with van der Waals surface area (Å²) in [5.41, 5.74) is 8.79. The second-order valence-electron chi connectivity index (χ2n) is 11.0. The third-order valence-corrected chi connectivity index (χ3v) is 7.89. The monoisotopic (exact) mass is 444 g/mol. The molecule has 0 nitrogen and oxygen atoms in total. The van der Waals surface area contributed by atoms with Crippen LogP contribution in [-0.4, -0.2) is 0 Å². The van der Waals surface area contributed by atoms with Gasteiger partial charge in [-0.2, -0.15) is 0 Å². The summed E-state index contributed by atoms with van der Waals surface area (Å²) in [7, 11) is 0. The zero-order valence-electron chi connectivity index (χ0n) is 22.0. The Bertz CT molecular complexity index is 850. The maximum absolute atomic E-state index is 4.17. The molecule has 0 radical (unpaired) electrons. The van der Waals surface area contributed by atoms with Gasteiger partial charge >= 0.3 is 0 Å². The number of hydrogen-bond donors (Lipinski definition) is 0. The highest BCUT2D eigenvalue weighted by Crippen LogP contribution is 2.41. The van der Waals surface area contributed by atoms with Gasteiger partial charge in [0, 0.05) is 0 Å². The van der Waals surface area contributed by atoms with Crippen molar-refractivity contribution in [2.75, 3.05) is 0 Å². The highest BCUT2D eigenvalue weighted by Gasteiger charge is 2.27. The summed E-state index contributed by atoms with van der Waals surface area (Å²) in [6.45, 7) is 13.2. The Kier molecular flexibility index (Phi) is 10.3. The number of rotatable bonds is 12. The quantitative estimate of drug-likeness (QED) is 0.225. The van der Waals surface area contributed by atoms with Crippen LogP contribution in [0.1, 0.15) is 131 Å². The van der Waals surface area contributed by atoms with E-state index < -0.39 is 0 Å². The van der Waals surface area contributed by atoms with Gasteiger partial charge in [0.1, 0.15) is 0 Å². The Morgan fingerprint density at radius 3 is 2.36 bits per heavy atom. The first-order chi connectivity index (χ1) is 16.0. The molecule has 0 bridgehead atoms. The molecule has 180 valence electrons. The van der Waals surface area contributed by atoms with Crippen molar-refractivity contribution in [3.8, 4) is 0 Å². The summed E-state index contributed by atoms with van der Waals surface area (Å²) in [4.78, 5) is 0. The van der Waals surface area contributed by atoms with E-state index >= 15 is 0 Å². The minimum atomic E-state index is 0.533. The van der Waals surface area contributed by atoms with Crippen molar-refractivity contribution in [3.05, 3.63) is 82.4 Å². The first-order valence-corrected chi connectivity index (χ1v) is 13.8. The number of aryl methyl sites for hydroxylation is 1. The second kappa shape index (κ2) is 13.2. The summed E-state index contributed by atoms with van der Waals surface area (Å²) in [5.74, 6) is 2.13. The topological polar surface area (TPSA) is 0 Å². The Labute approximate surface area is 204 Å². The fourth-order valence-corrected chi connectivity index (χ4v) is 5.99. The maximum atomic E-state index is 4.17. The summed E-state index contributed by atoms with van der Waals surface area (Å²) in [5, 5.41) is 0. The van der Waals surface area contributed by atoms with E-state index in [0.717, 1.165) is 24.7 Å². The molecule has 2 aromatic carbocycles. The third kappa shape index (κ3) is 7.87. The lowest BCUT2D eigenvalue weighted by atomic mass is 9.72. The Balaban J connectivity index is 1.95. The highest BCUT2D eigenvalue weighted by molar-refractivity contribution is 5.40. The minimum absolute atomic E-state index is 0.533. The van der Waals surface area contributed by atoms with Gasteiger partial charge in [0.2, 0.25) is 0 Å². The van der Waals surface area contributed by atoms with Crippen molar-refractivity contribution in [1.82, 2.24) is 0 Å². The SMILES string of the molecule is C=C(C)C[C@@H](C)c1ccc(C(CCCCCC)C2CCCCC2)c(Cc2ccc(C)cc2)c1. The van der Waals surface area contributed by atoms with E-state index in [9.17, 15) is 0 Å². The molecule has 2 atom stereocenters. The number of benzene rings is 2. The van der Waals surface area contributed by atoms with Crippen LogP contribution in [-0.2, 0) is 6.42 Å². The lowest BCUT2D eigenvalue weighted by Gasteiger charge is -2.33. The molecule has 1 saturated carbocycles. The van der Waals surface area contributed by atoms with Gasteiger partial charge in [-0.05, 0) is 86.0 Å². The molecular formula is C33H48. The summed E-state index contributed by atoms with van der Waals surface area (Å²) < 4.78 is 0. The van der Waals surface area contributed by atoms with Crippen LogP contribution in [0.2, 0.25) is 0 Å². The Morgan fingerprint density at radius 1 is 0.970 bits per heavy atom. The molecule has 0 amide bonds. The van der Waals surface area contributed by atoms with Crippen LogP contribution in [0.5, 0.6) is 0 Å². The van der Waals surface area contributed by atoms with Gasteiger partial charge in [0.25, 0.3) is 0 Å². The van der Waals surface area contributed by atoms with Crippen molar-refractivity contribution in [2.24, 2.45) is 5.92 Å². The molecule has 33 heavy (non-hydrogen) atoms. The predicted octanol–water partition coefficient (Wildman–Crippen LogP) is 10.3. The van der Waals surface area contributed by atoms with E-state index in [1.807, 2.05) is 0 Å². The third-order valence-electron chi connectivity index (χ3n) is 7.89. The van der Waals surface area contributed by atoms with Crippen LogP contribution in [0.4, 0.5) is 0 Å². The molecule has 0 spiro atoms. The minimum Gasteiger partial charge on any atom is -0.100 e. The first-order valence-electron chi connectivity index (χ1n) is 13.8. The van der Waals surface area contributed by atoms with Crippen molar-refractivity contribution >= 4 is 0 Å². The van der Waals surface area contributed by atoms with Gasteiger partial charge < -0.3 is 0 Å². The van der Waals surface area contributed by atoms with E-state index in [2.05, 4.69) is 76.7 Å². The van der Waals surface area contributed by atoms with E-state index in [0.29, 0.717) is 5.92 Å². The molecule has 1 fully saturated rings. The van der Waals surface area contributed by atoms with Gasteiger partial charge in [0.15, 0.2) is 0 Å².